The molecule has 0 bridgehead atoms. The van der Waals surface area contributed by atoms with Crippen LogP contribution in [-0.2, 0) is 0 Å². The maximum Gasteiger partial charge on any atom is 0.133 e. The highest BCUT2D eigenvalue weighted by Gasteiger charge is 2.12. The monoisotopic (exact) mass is 252 g/mol. The van der Waals surface area contributed by atoms with Gasteiger partial charge in [-0.2, -0.15) is 0 Å². The smallest absolute Gasteiger partial charge is 0.133 e. The van der Waals surface area contributed by atoms with Gasteiger partial charge in [0.25, 0.3) is 0 Å². The Hall–Kier alpha value is -2.06. The number of rotatable bonds is 3. The molecule has 2 heteroatoms. The van der Waals surface area contributed by atoms with Gasteiger partial charge in [-0.25, -0.2) is 0 Å². The summed E-state index contributed by atoms with van der Waals surface area (Å²) in [5.74, 6) is 0. The Morgan fingerprint density at radius 2 is 1.95 bits per heavy atom. The van der Waals surface area contributed by atoms with Gasteiger partial charge < -0.3 is 9.52 Å². The van der Waals surface area contributed by atoms with Crippen molar-refractivity contribution < 1.29 is 9.52 Å². The summed E-state index contributed by atoms with van der Waals surface area (Å²) in [5.41, 5.74) is 4.06. The first kappa shape index (κ1) is 12.0. The van der Waals surface area contributed by atoms with E-state index in [0.29, 0.717) is 6.42 Å². The molecule has 19 heavy (non-hydrogen) atoms. The van der Waals surface area contributed by atoms with Crippen LogP contribution in [0.3, 0.4) is 0 Å². The van der Waals surface area contributed by atoms with E-state index in [1.165, 1.54) is 0 Å². The molecule has 0 saturated carbocycles. The molecule has 0 radical (unpaired) electrons. The summed E-state index contributed by atoms with van der Waals surface area (Å²) in [7, 11) is 0. The molecule has 0 aliphatic heterocycles. The molecule has 0 aliphatic rings. The van der Waals surface area contributed by atoms with Crippen LogP contribution < -0.4 is 0 Å². The molecule has 0 fully saturated rings. The molecule has 0 aliphatic carbocycles. The topological polar surface area (TPSA) is 33.4 Å². The number of benzene rings is 2. The van der Waals surface area contributed by atoms with Gasteiger partial charge in [0, 0.05) is 5.39 Å². The zero-order valence-corrected chi connectivity index (χ0v) is 10.8. The third-order valence-electron chi connectivity index (χ3n) is 3.47. The van der Waals surface area contributed by atoms with Gasteiger partial charge in [-0.15, -0.1) is 0 Å². The minimum atomic E-state index is -0.420. The van der Waals surface area contributed by atoms with Crippen molar-refractivity contribution in [1.29, 1.82) is 0 Å². The summed E-state index contributed by atoms with van der Waals surface area (Å²) in [6, 6.07) is 16.1. The third-order valence-corrected chi connectivity index (χ3v) is 3.47. The maximum absolute atomic E-state index is 10.1. The zero-order valence-electron chi connectivity index (χ0n) is 10.8. The van der Waals surface area contributed by atoms with Crippen LogP contribution in [0.4, 0.5) is 0 Å². The van der Waals surface area contributed by atoms with Crippen molar-refractivity contribution in [1.82, 2.24) is 0 Å². The maximum atomic E-state index is 10.1. The molecule has 2 aromatic carbocycles. The van der Waals surface area contributed by atoms with Crippen LogP contribution in [0, 0.1) is 0 Å². The Bertz CT molecular complexity index is 697. The molecule has 0 amide bonds. The van der Waals surface area contributed by atoms with Crippen molar-refractivity contribution in [2.24, 2.45) is 0 Å². The Labute approximate surface area is 112 Å². The highest BCUT2D eigenvalue weighted by molar-refractivity contribution is 5.84. The van der Waals surface area contributed by atoms with E-state index in [9.17, 15) is 5.11 Å². The number of fused-ring (bicyclic) bond motifs is 1. The molecule has 0 spiro atoms. The molecule has 0 saturated heterocycles. The lowest BCUT2D eigenvalue weighted by Gasteiger charge is -2.14. The van der Waals surface area contributed by atoms with Gasteiger partial charge in [0.05, 0.1) is 12.4 Å². The molecule has 3 rings (SSSR count). The molecule has 1 unspecified atom stereocenters. The van der Waals surface area contributed by atoms with E-state index in [4.69, 9.17) is 4.42 Å². The summed E-state index contributed by atoms with van der Waals surface area (Å²) >= 11 is 0. The lowest BCUT2D eigenvalue weighted by molar-refractivity contribution is 0.174. The third kappa shape index (κ3) is 2.15. The predicted molar refractivity (Wildman–Crippen MR) is 76.9 cm³/mol. The summed E-state index contributed by atoms with van der Waals surface area (Å²) < 4.78 is 5.36. The molecular formula is C17H16O2. The summed E-state index contributed by atoms with van der Waals surface area (Å²) in [4.78, 5) is 0. The van der Waals surface area contributed by atoms with Crippen molar-refractivity contribution in [3.05, 3.63) is 60.4 Å². The number of aliphatic hydroxyl groups excluding tert-OH is 1. The Morgan fingerprint density at radius 1 is 1.11 bits per heavy atom. The summed E-state index contributed by atoms with van der Waals surface area (Å²) in [6.07, 6.45) is 1.99. The molecule has 1 atom stereocenters. The van der Waals surface area contributed by atoms with Crippen LogP contribution in [-0.4, -0.2) is 5.11 Å². The highest BCUT2D eigenvalue weighted by atomic mass is 16.3. The molecule has 3 aromatic rings. The Morgan fingerprint density at radius 3 is 2.79 bits per heavy atom. The molecule has 96 valence electrons. The lowest BCUT2D eigenvalue weighted by Crippen LogP contribution is -1.97. The van der Waals surface area contributed by atoms with Gasteiger partial charge in [-0.3, -0.25) is 0 Å². The zero-order chi connectivity index (χ0) is 13.2. The average Bonchev–Trinajstić information content (AvgIpc) is 2.93. The minimum absolute atomic E-state index is 0.420. The predicted octanol–water partition coefficient (Wildman–Crippen LogP) is 4.54. The van der Waals surface area contributed by atoms with Crippen molar-refractivity contribution in [3.8, 4) is 11.1 Å². The van der Waals surface area contributed by atoms with Crippen LogP contribution in [0.2, 0.25) is 0 Å². The fourth-order valence-corrected chi connectivity index (χ4v) is 2.40. The Balaban J connectivity index is 2.15. The van der Waals surface area contributed by atoms with Crippen molar-refractivity contribution in [2.45, 2.75) is 19.4 Å². The van der Waals surface area contributed by atoms with Crippen LogP contribution in [0.5, 0.6) is 0 Å². The van der Waals surface area contributed by atoms with Crippen LogP contribution >= 0.6 is 0 Å². The molecular weight excluding hydrogens is 236 g/mol. The minimum Gasteiger partial charge on any atom is -0.464 e. The molecule has 1 heterocycles. The van der Waals surface area contributed by atoms with Gasteiger partial charge in [0.15, 0.2) is 0 Å². The molecule has 1 aromatic heterocycles. The first-order valence-corrected chi connectivity index (χ1v) is 6.54. The second-order valence-electron chi connectivity index (χ2n) is 4.68. The summed E-state index contributed by atoms with van der Waals surface area (Å²) in [5, 5.41) is 11.2. The Kier molecular flexibility index (Phi) is 3.10. The fourth-order valence-electron chi connectivity index (χ4n) is 2.40. The van der Waals surface area contributed by atoms with Gasteiger partial charge in [0.1, 0.15) is 5.58 Å². The largest absolute Gasteiger partial charge is 0.464 e. The van der Waals surface area contributed by atoms with Crippen LogP contribution in [0.15, 0.2) is 59.2 Å². The fraction of sp³-hybridized carbons (Fsp3) is 0.176. The SMILES string of the molecule is CCC(O)c1ccccc1-c1ccc2occc2c1. The molecule has 2 nitrogen and oxygen atoms in total. The van der Waals surface area contributed by atoms with Gasteiger partial charge in [-0.1, -0.05) is 37.3 Å². The van der Waals surface area contributed by atoms with Gasteiger partial charge in [0.2, 0.25) is 0 Å². The van der Waals surface area contributed by atoms with Gasteiger partial charge in [-0.05, 0) is 41.3 Å². The van der Waals surface area contributed by atoms with Crippen molar-refractivity contribution >= 4 is 11.0 Å². The van der Waals surface area contributed by atoms with Crippen molar-refractivity contribution in [2.75, 3.05) is 0 Å². The standard InChI is InChI=1S/C17H16O2/c1-2-16(18)15-6-4-3-5-14(15)12-7-8-17-13(11-12)9-10-19-17/h3-11,16,18H,2H2,1H3. The second-order valence-corrected chi connectivity index (χ2v) is 4.68. The van der Waals surface area contributed by atoms with E-state index < -0.39 is 6.10 Å². The first-order chi connectivity index (χ1) is 9.29. The quantitative estimate of drug-likeness (QED) is 0.742. The summed E-state index contributed by atoms with van der Waals surface area (Å²) in [6.45, 7) is 1.99. The van der Waals surface area contributed by atoms with E-state index in [1.54, 1.807) is 6.26 Å². The number of aliphatic hydroxyl groups is 1. The van der Waals surface area contributed by atoms with E-state index >= 15 is 0 Å². The number of hydrogen-bond acceptors (Lipinski definition) is 2. The molecule has 1 N–H and O–H groups in total. The number of furan rings is 1. The first-order valence-electron chi connectivity index (χ1n) is 6.54. The highest BCUT2D eigenvalue weighted by Crippen LogP contribution is 2.31. The van der Waals surface area contributed by atoms with Crippen LogP contribution in [0.25, 0.3) is 22.1 Å². The lowest BCUT2D eigenvalue weighted by atomic mass is 9.94. The average molecular weight is 252 g/mol. The second kappa shape index (κ2) is 4.90. The number of hydrogen-bond donors (Lipinski definition) is 1. The van der Waals surface area contributed by atoms with E-state index in [2.05, 4.69) is 12.1 Å². The van der Waals surface area contributed by atoms with Gasteiger partial charge >= 0.3 is 0 Å². The van der Waals surface area contributed by atoms with Crippen LogP contribution in [0.1, 0.15) is 25.0 Å². The van der Waals surface area contributed by atoms with E-state index in [0.717, 1.165) is 27.7 Å². The van der Waals surface area contributed by atoms with Crippen molar-refractivity contribution in [3.63, 3.8) is 0 Å². The normalized spacial score (nSPS) is 12.7. The van der Waals surface area contributed by atoms with E-state index in [1.807, 2.05) is 43.3 Å². The van der Waals surface area contributed by atoms with E-state index in [-0.39, 0.29) is 0 Å².